The Morgan fingerprint density at radius 3 is 2.69 bits per heavy atom. The first-order valence-corrected chi connectivity index (χ1v) is 9.97. The molecule has 0 fully saturated rings. The van der Waals surface area contributed by atoms with E-state index in [2.05, 4.69) is 10.3 Å². The number of nitrogens with zero attached hydrogens (tertiary/aromatic N) is 1. The van der Waals surface area contributed by atoms with Gasteiger partial charge in [0.15, 0.2) is 11.3 Å². The van der Waals surface area contributed by atoms with E-state index >= 15 is 0 Å². The number of furan rings is 1. The average Bonchev–Trinajstić information content (AvgIpc) is 3.42. The molecule has 0 aliphatic carbocycles. The number of rotatable bonds is 4. The van der Waals surface area contributed by atoms with Gasteiger partial charge in [-0.3, -0.25) is 4.79 Å². The Kier molecular flexibility index (Phi) is 4.26. The third-order valence-electron chi connectivity index (χ3n) is 4.84. The van der Waals surface area contributed by atoms with E-state index in [-0.39, 0.29) is 5.91 Å². The molecule has 29 heavy (non-hydrogen) atoms. The Balaban J connectivity index is 1.72. The van der Waals surface area contributed by atoms with E-state index in [1.807, 2.05) is 60.7 Å². The molecular weight excluding hydrogens is 384 g/mol. The number of carbonyl (C=O) groups is 1. The lowest BCUT2D eigenvalue weighted by atomic mass is 9.97. The van der Waals surface area contributed by atoms with Crippen molar-refractivity contribution < 1.29 is 13.9 Å². The van der Waals surface area contributed by atoms with Crippen LogP contribution in [0, 0.1) is 0 Å². The second-order valence-corrected chi connectivity index (χ2v) is 7.21. The van der Waals surface area contributed by atoms with Crippen molar-refractivity contribution in [2.24, 2.45) is 0 Å². The fourth-order valence-electron chi connectivity index (χ4n) is 3.53. The third kappa shape index (κ3) is 2.94. The number of para-hydroxylation sites is 2. The predicted molar refractivity (Wildman–Crippen MR) is 116 cm³/mol. The summed E-state index contributed by atoms with van der Waals surface area (Å²) in [6, 6.07) is 19.5. The van der Waals surface area contributed by atoms with Gasteiger partial charge in [0.05, 0.1) is 12.6 Å². The topological polar surface area (TPSA) is 64.4 Å². The van der Waals surface area contributed by atoms with E-state index in [0.717, 1.165) is 27.5 Å². The molecule has 6 heteroatoms. The molecule has 5 nitrogen and oxygen atoms in total. The first kappa shape index (κ1) is 17.5. The highest BCUT2D eigenvalue weighted by Gasteiger charge is 2.19. The summed E-state index contributed by atoms with van der Waals surface area (Å²) in [5.74, 6) is 0.435. The van der Waals surface area contributed by atoms with E-state index in [1.165, 1.54) is 11.3 Å². The van der Waals surface area contributed by atoms with E-state index in [1.54, 1.807) is 18.0 Å². The largest absolute Gasteiger partial charge is 0.493 e. The summed E-state index contributed by atoms with van der Waals surface area (Å²) in [5.41, 5.74) is 6.09. The summed E-state index contributed by atoms with van der Waals surface area (Å²) in [6.07, 6.45) is 0. The highest BCUT2D eigenvalue weighted by Crippen LogP contribution is 2.42. The Morgan fingerprint density at radius 1 is 1.03 bits per heavy atom. The van der Waals surface area contributed by atoms with Gasteiger partial charge >= 0.3 is 0 Å². The number of fused-ring (bicyclic) bond motifs is 3. The number of hydrogen-bond donors (Lipinski definition) is 1. The summed E-state index contributed by atoms with van der Waals surface area (Å²) in [5, 5.41) is 6.67. The first-order valence-electron chi connectivity index (χ1n) is 9.03. The molecule has 2 heterocycles. The molecule has 0 spiro atoms. The number of thiazole rings is 1. The molecule has 1 N–H and O–H groups in total. The molecule has 0 aliphatic rings. The number of benzene rings is 3. The van der Waals surface area contributed by atoms with Crippen LogP contribution < -0.4 is 10.1 Å². The summed E-state index contributed by atoms with van der Waals surface area (Å²) in [7, 11) is 1.63. The lowest BCUT2D eigenvalue weighted by molar-refractivity contribution is 0.102. The molecule has 0 saturated carbocycles. The smallest absolute Gasteiger partial charge is 0.275 e. The molecule has 0 atom stereocenters. The van der Waals surface area contributed by atoms with Crippen LogP contribution in [0.5, 0.6) is 5.75 Å². The molecule has 0 aliphatic heterocycles. The predicted octanol–water partition coefficient (Wildman–Crippen LogP) is 5.97. The molecule has 0 bridgehead atoms. The molecule has 142 valence electrons. The minimum atomic E-state index is -0.236. The summed E-state index contributed by atoms with van der Waals surface area (Å²) < 4.78 is 11.6. The van der Waals surface area contributed by atoms with Crippen LogP contribution in [0.15, 0.2) is 76.0 Å². The molecule has 3 aromatic carbocycles. The fraction of sp³-hybridized carbons (Fsp3) is 0.0435. The van der Waals surface area contributed by atoms with Gasteiger partial charge < -0.3 is 14.5 Å². The van der Waals surface area contributed by atoms with Gasteiger partial charge in [-0.2, -0.15) is 0 Å². The van der Waals surface area contributed by atoms with Crippen LogP contribution in [0.25, 0.3) is 33.1 Å². The molecule has 0 radical (unpaired) electrons. The van der Waals surface area contributed by atoms with Crippen molar-refractivity contribution in [1.29, 1.82) is 0 Å². The molecular formula is C23H16N2O3S. The lowest BCUT2D eigenvalue weighted by Crippen LogP contribution is -2.12. The second-order valence-electron chi connectivity index (χ2n) is 6.49. The third-order valence-corrected chi connectivity index (χ3v) is 5.43. The maximum Gasteiger partial charge on any atom is 0.275 e. The number of amides is 1. The molecule has 1 amide bonds. The van der Waals surface area contributed by atoms with Gasteiger partial charge in [0, 0.05) is 27.4 Å². The lowest BCUT2D eigenvalue weighted by Gasteiger charge is -2.12. The highest BCUT2D eigenvalue weighted by atomic mass is 32.1. The van der Waals surface area contributed by atoms with Gasteiger partial charge in [0.2, 0.25) is 0 Å². The summed E-state index contributed by atoms with van der Waals surface area (Å²) in [6.45, 7) is 0. The highest BCUT2D eigenvalue weighted by molar-refractivity contribution is 7.07. The number of hydrogen-bond acceptors (Lipinski definition) is 5. The molecule has 5 aromatic rings. The van der Waals surface area contributed by atoms with E-state index in [9.17, 15) is 4.79 Å². The molecule has 5 rings (SSSR count). The van der Waals surface area contributed by atoms with Crippen LogP contribution in [-0.2, 0) is 0 Å². The number of ether oxygens (including phenoxy) is 1. The van der Waals surface area contributed by atoms with Crippen molar-refractivity contribution in [1.82, 2.24) is 4.98 Å². The minimum Gasteiger partial charge on any atom is -0.493 e. The maximum atomic E-state index is 12.6. The number of nitrogens with one attached hydrogen (secondary N) is 1. The average molecular weight is 400 g/mol. The van der Waals surface area contributed by atoms with Crippen LogP contribution in [0.2, 0.25) is 0 Å². The van der Waals surface area contributed by atoms with E-state index in [0.29, 0.717) is 22.7 Å². The van der Waals surface area contributed by atoms with Gasteiger partial charge in [0.25, 0.3) is 5.91 Å². The van der Waals surface area contributed by atoms with Crippen molar-refractivity contribution in [3.05, 3.63) is 77.2 Å². The van der Waals surface area contributed by atoms with Crippen molar-refractivity contribution >= 4 is 44.9 Å². The molecule has 0 unspecified atom stereocenters. The number of carbonyl (C=O) groups excluding carboxylic acids is 1. The summed E-state index contributed by atoms with van der Waals surface area (Å²) in [4.78, 5) is 16.7. The maximum absolute atomic E-state index is 12.6. The zero-order valence-corrected chi connectivity index (χ0v) is 16.3. The van der Waals surface area contributed by atoms with Crippen LogP contribution in [0.3, 0.4) is 0 Å². The number of methoxy groups -OCH3 is 1. The Morgan fingerprint density at radius 2 is 1.86 bits per heavy atom. The molecule has 0 saturated heterocycles. The standard InChI is InChI=1S/C23H16N2O3S/c1-27-20-11-10-15(21-16-7-3-5-9-19(16)28-22(20)21)14-6-2-4-8-17(14)25-23(26)18-12-29-13-24-18/h2-13H,1H3,(H,25,26). The zero-order chi connectivity index (χ0) is 19.8. The first-order chi connectivity index (χ1) is 14.3. The van der Waals surface area contributed by atoms with Crippen LogP contribution >= 0.6 is 11.3 Å². The summed E-state index contributed by atoms with van der Waals surface area (Å²) >= 11 is 1.39. The molecule has 2 aromatic heterocycles. The van der Waals surface area contributed by atoms with Crippen molar-refractivity contribution in [3.8, 4) is 16.9 Å². The van der Waals surface area contributed by atoms with Gasteiger partial charge in [0.1, 0.15) is 11.3 Å². The van der Waals surface area contributed by atoms with Crippen molar-refractivity contribution in [3.63, 3.8) is 0 Å². The van der Waals surface area contributed by atoms with Gasteiger partial charge in [-0.05, 0) is 29.8 Å². The second kappa shape index (κ2) is 7.07. The fourth-order valence-corrected chi connectivity index (χ4v) is 4.06. The van der Waals surface area contributed by atoms with Gasteiger partial charge in [-0.25, -0.2) is 4.98 Å². The van der Waals surface area contributed by atoms with E-state index in [4.69, 9.17) is 9.15 Å². The van der Waals surface area contributed by atoms with Crippen LogP contribution in [-0.4, -0.2) is 18.0 Å². The van der Waals surface area contributed by atoms with Crippen LogP contribution in [0.1, 0.15) is 10.5 Å². The Hall–Kier alpha value is -3.64. The monoisotopic (exact) mass is 400 g/mol. The normalized spacial score (nSPS) is 11.1. The SMILES string of the molecule is COc1ccc(-c2ccccc2NC(=O)c2cscn2)c2c1oc1ccccc12. The number of anilines is 1. The quantitative estimate of drug-likeness (QED) is 0.404. The van der Waals surface area contributed by atoms with Crippen molar-refractivity contribution in [2.75, 3.05) is 12.4 Å². The number of aromatic nitrogens is 1. The minimum absolute atomic E-state index is 0.236. The van der Waals surface area contributed by atoms with Gasteiger partial charge in [-0.15, -0.1) is 11.3 Å². The van der Waals surface area contributed by atoms with E-state index < -0.39 is 0 Å². The van der Waals surface area contributed by atoms with Crippen molar-refractivity contribution in [2.45, 2.75) is 0 Å². The van der Waals surface area contributed by atoms with Gasteiger partial charge in [-0.1, -0.05) is 36.4 Å². The van der Waals surface area contributed by atoms with Crippen LogP contribution in [0.4, 0.5) is 5.69 Å². The zero-order valence-electron chi connectivity index (χ0n) is 15.5. The Labute approximate surface area is 170 Å². The Bertz CT molecular complexity index is 1340.